The van der Waals surface area contributed by atoms with E-state index in [0.29, 0.717) is 10.6 Å². The second kappa shape index (κ2) is 5.52. The highest BCUT2D eigenvalue weighted by molar-refractivity contribution is 6.31. The van der Waals surface area contributed by atoms with Gasteiger partial charge in [-0.15, -0.1) is 0 Å². The third-order valence-corrected chi connectivity index (χ3v) is 2.66. The Bertz CT molecular complexity index is 586. The molecule has 0 aliphatic heterocycles. The first-order chi connectivity index (χ1) is 8.65. The zero-order valence-electron chi connectivity index (χ0n) is 9.51. The third-order valence-electron chi connectivity index (χ3n) is 2.43. The molecule has 0 aliphatic rings. The van der Waals surface area contributed by atoms with Crippen LogP contribution in [0.15, 0.2) is 54.6 Å². The van der Waals surface area contributed by atoms with Crippen LogP contribution in [0.5, 0.6) is 5.75 Å². The van der Waals surface area contributed by atoms with E-state index in [1.165, 1.54) is 6.08 Å². The molecule has 0 heterocycles. The van der Waals surface area contributed by atoms with E-state index in [2.05, 4.69) is 0 Å². The number of hydrogen-bond donors (Lipinski definition) is 1. The predicted octanol–water partition coefficient (Wildman–Crippen LogP) is 3.94. The number of phenolic OH excluding ortho intramolecular Hbond substituents is 1. The minimum Gasteiger partial charge on any atom is -0.508 e. The lowest BCUT2D eigenvalue weighted by atomic mass is 10.1. The van der Waals surface area contributed by atoms with Crippen molar-refractivity contribution in [3.63, 3.8) is 0 Å². The number of phenols is 1. The van der Waals surface area contributed by atoms with Gasteiger partial charge in [-0.05, 0) is 35.9 Å². The number of aromatic hydroxyl groups is 1. The molecule has 2 aromatic carbocycles. The summed E-state index contributed by atoms with van der Waals surface area (Å²) in [6, 6.07) is 13.4. The smallest absolute Gasteiger partial charge is 0.185 e. The molecule has 0 radical (unpaired) electrons. The van der Waals surface area contributed by atoms with Gasteiger partial charge in [0.2, 0.25) is 0 Å². The van der Waals surface area contributed by atoms with E-state index in [0.717, 1.165) is 5.56 Å². The van der Waals surface area contributed by atoms with Crippen molar-refractivity contribution in [3.05, 3.63) is 70.8 Å². The summed E-state index contributed by atoms with van der Waals surface area (Å²) in [5.74, 6) is 0.0962. The van der Waals surface area contributed by atoms with Crippen LogP contribution in [0.4, 0.5) is 0 Å². The van der Waals surface area contributed by atoms with Crippen molar-refractivity contribution < 1.29 is 9.90 Å². The fourth-order valence-corrected chi connectivity index (χ4v) is 1.69. The number of allylic oxidation sites excluding steroid dienone is 1. The monoisotopic (exact) mass is 258 g/mol. The summed E-state index contributed by atoms with van der Waals surface area (Å²) in [7, 11) is 0. The van der Waals surface area contributed by atoms with Gasteiger partial charge in [-0.25, -0.2) is 0 Å². The molecule has 0 spiro atoms. The summed E-state index contributed by atoms with van der Waals surface area (Å²) >= 11 is 5.82. The molecule has 2 rings (SSSR count). The molecule has 0 atom stereocenters. The van der Waals surface area contributed by atoms with Crippen molar-refractivity contribution in [1.82, 2.24) is 0 Å². The van der Waals surface area contributed by atoms with Crippen LogP contribution in [0, 0.1) is 0 Å². The standard InChI is InChI=1S/C15H11ClO2/c16-13-3-1-2-12(10-13)15(18)9-6-11-4-7-14(17)8-5-11/h1-10,17H/b9-6+. The van der Waals surface area contributed by atoms with Crippen molar-refractivity contribution in [3.8, 4) is 5.75 Å². The first kappa shape index (κ1) is 12.4. The molecule has 0 saturated heterocycles. The van der Waals surface area contributed by atoms with E-state index < -0.39 is 0 Å². The van der Waals surface area contributed by atoms with Crippen molar-refractivity contribution in [2.45, 2.75) is 0 Å². The Morgan fingerprint density at radius 3 is 2.50 bits per heavy atom. The second-order valence-electron chi connectivity index (χ2n) is 3.80. The molecule has 1 N–H and O–H groups in total. The Morgan fingerprint density at radius 1 is 1.11 bits per heavy atom. The molecule has 0 bridgehead atoms. The second-order valence-corrected chi connectivity index (χ2v) is 4.24. The van der Waals surface area contributed by atoms with Gasteiger partial charge >= 0.3 is 0 Å². The number of rotatable bonds is 3. The van der Waals surface area contributed by atoms with Crippen molar-refractivity contribution in [2.24, 2.45) is 0 Å². The highest BCUT2D eigenvalue weighted by Crippen LogP contribution is 2.13. The van der Waals surface area contributed by atoms with Crippen LogP contribution < -0.4 is 0 Å². The lowest BCUT2D eigenvalue weighted by molar-refractivity contribution is 0.104. The molecule has 2 nitrogen and oxygen atoms in total. The van der Waals surface area contributed by atoms with Crippen LogP contribution in [-0.4, -0.2) is 10.9 Å². The van der Waals surface area contributed by atoms with Crippen LogP contribution in [0.25, 0.3) is 6.08 Å². The Hall–Kier alpha value is -2.06. The number of carbonyl (C=O) groups excluding carboxylic acids is 1. The maximum Gasteiger partial charge on any atom is 0.185 e. The van der Waals surface area contributed by atoms with Gasteiger partial charge in [0, 0.05) is 10.6 Å². The lowest BCUT2D eigenvalue weighted by Gasteiger charge is -1.97. The summed E-state index contributed by atoms with van der Waals surface area (Å²) in [4.78, 5) is 11.8. The highest BCUT2D eigenvalue weighted by atomic mass is 35.5. The van der Waals surface area contributed by atoms with Gasteiger partial charge in [-0.1, -0.05) is 41.9 Å². The average Bonchev–Trinajstić information content (AvgIpc) is 2.38. The van der Waals surface area contributed by atoms with Crippen molar-refractivity contribution in [2.75, 3.05) is 0 Å². The maximum atomic E-state index is 11.8. The molecule has 0 amide bonds. The van der Waals surface area contributed by atoms with Crippen LogP contribution >= 0.6 is 11.6 Å². The highest BCUT2D eigenvalue weighted by Gasteiger charge is 2.01. The average molecular weight is 259 g/mol. The Balaban J connectivity index is 2.14. The van der Waals surface area contributed by atoms with Gasteiger partial charge in [-0.2, -0.15) is 0 Å². The fraction of sp³-hybridized carbons (Fsp3) is 0. The van der Waals surface area contributed by atoms with Gasteiger partial charge in [-0.3, -0.25) is 4.79 Å². The number of halogens is 1. The normalized spacial score (nSPS) is 10.7. The molecule has 3 heteroatoms. The molecule has 0 fully saturated rings. The number of carbonyl (C=O) groups is 1. The predicted molar refractivity (Wildman–Crippen MR) is 72.9 cm³/mol. The maximum absolute atomic E-state index is 11.8. The summed E-state index contributed by atoms with van der Waals surface area (Å²) in [5.41, 5.74) is 1.40. The molecular weight excluding hydrogens is 248 g/mol. The fourth-order valence-electron chi connectivity index (χ4n) is 1.50. The topological polar surface area (TPSA) is 37.3 Å². The minimum atomic E-state index is -0.106. The molecule has 18 heavy (non-hydrogen) atoms. The Labute approximate surface area is 110 Å². The van der Waals surface area contributed by atoms with E-state index in [1.807, 2.05) is 0 Å². The molecule has 0 saturated carbocycles. The van der Waals surface area contributed by atoms with Crippen LogP contribution in [-0.2, 0) is 0 Å². The van der Waals surface area contributed by atoms with Crippen LogP contribution in [0.2, 0.25) is 5.02 Å². The third kappa shape index (κ3) is 3.22. The summed E-state index contributed by atoms with van der Waals surface area (Å²) in [6.45, 7) is 0. The first-order valence-electron chi connectivity index (χ1n) is 5.42. The van der Waals surface area contributed by atoms with Gasteiger partial charge in [0.05, 0.1) is 0 Å². The van der Waals surface area contributed by atoms with Crippen LogP contribution in [0.3, 0.4) is 0 Å². The van der Waals surface area contributed by atoms with E-state index in [1.54, 1.807) is 54.6 Å². The molecule has 90 valence electrons. The SMILES string of the molecule is O=C(/C=C/c1ccc(O)cc1)c1cccc(Cl)c1. The molecule has 0 unspecified atom stereocenters. The zero-order chi connectivity index (χ0) is 13.0. The Morgan fingerprint density at radius 2 is 1.83 bits per heavy atom. The van der Waals surface area contributed by atoms with Crippen LogP contribution in [0.1, 0.15) is 15.9 Å². The van der Waals surface area contributed by atoms with Gasteiger partial charge < -0.3 is 5.11 Å². The van der Waals surface area contributed by atoms with Gasteiger partial charge in [0.1, 0.15) is 5.75 Å². The summed E-state index contributed by atoms with van der Waals surface area (Å²) in [5, 5.41) is 9.68. The molecule has 0 aromatic heterocycles. The van der Waals surface area contributed by atoms with E-state index in [9.17, 15) is 4.79 Å². The minimum absolute atomic E-state index is 0.106. The van der Waals surface area contributed by atoms with Gasteiger partial charge in [0.25, 0.3) is 0 Å². The number of benzene rings is 2. The zero-order valence-corrected chi connectivity index (χ0v) is 10.3. The summed E-state index contributed by atoms with van der Waals surface area (Å²) in [6.07, 6.45) is 3.18. The first-order valence-corrected chi connectivity index (χ1v) is 5.80. The quantitative estimate of drug-likeness (QED) is 0.669. The summed E-state index contributed by atoms with van der Waals surface area (Å²) < 4.78 is 0. The molecular formula is C15H11ClO2. The van der Waals surface area contributed by atoms with Crippen molar-refractivity contribution in [1.29, 1.82) is 0 Å². The lowest BCUT2D eigenvalue weighted by Crippen LogP contribution is -1.93. The van der Waals surface area contributed by atoms with E-state index in [4.69, 9.17) is 16.7 Å². The van der Waals surface area contributed by atoms with Crippen molar-refractivity contribution >= 4 is 23.5 Å². The van der Waals surface area contributed by atoms with E-state index >= 15 is 0 Å². The van der Waals surface area contributed by atoms with E-state index in [-0.39, 0.29) is 11.5 Å². The largest absolute Gasteiger partial charge is 0.508 e. The number of ketones is 1. The Kier molecular flexibility index (Phi) is 3.80. The molecule has 2 aromatic rings. The molecule has 0 aliphatic carbocycles. The number of hydrogen-bond acceptors (Lipinski definition) is 2. The van der Waals surface area contributed by atoms with Gasteiger partial charge in [0.15, 0.2) is 5.78 Å².